The Kier molecular flexibility index (Phi) is 3.53. The van der Waals surface area contributed by atoms with Crippen LogP contribution in [0.5, 0.6) is 0 Å². The van der Waals surface area contributed by atoms with Crippen LogP contribution in [0.3, 0.4) is 0 Å². The van der Waals surface area contributed by atoms with Crippen molar-refractivity contribution in [1.82, 2.24) is 9.55 Å². The largest absolute Gasteiger partial charge is 0.388 e. The monoisotopic (exact) mass is 259 g/mol. The molecule has 0 amide bonds. The lowest BCUT2D eigenvalue weighted by Crippen LogP contribution is -2.22. The van der Waals surface area contributed by atoms with Crippen molar-refractivity contribution in [3.8, 4) is 0 Å². The van der Waals surface area contributed by atoms with Gasteiger partial charge in [0.05, 0.1) is 12.2 Å². The summed E-state index contributed by atoms with van der Waals surface area (Å²) in [4.78, 5) is 16.2. The highest BCUT2D eigenvalue weighted by molar-refractivity contribution is 7.80. The first-order valence-electron chi connectivity index (χ1n) is 5.49. The summed E-state index contributed by atoms with van der Waals surface area (Å²) in [5.74, 6) is 0. The van der Waals surface area contributed by atoms with Gasteiger partial charge in [-0.3, -0.25) is 9.78 Å². The average molecular weight is 259 g/mol. The lowest BCUT2D eigenvalue weighted by atomic mass is 10.2. The molecule has 2 heterocycles. The smallest absolute Gasteiger partial charge is 0.253 e. The van der Waals surface area contributed by atoms with Crippen LogP contribution < -0.4 is 11.3 Å². The minimum atomic E-state index is 0.00573. The maximum absolute atomic E-state index is 11.9. The number of hydrogen-bond donors (Lipinski definition) is 1. The van der Waals surface area contributed by atoms with Gasteiger partial charge in [-0.15, -0.1) is 0 Å². The van der Waals surface area contributed by atoms with Crippen molar-refractivity contribution in [1.29, 1.82) is 0 Å². The first kappa shape index (κ1) is 12.4. The number of hydrogen-bond acceptors (Lipinski definition) is 3. The molecule has 2 rings (SSSR count). The van der Waals surface area contributed by atoms with Crippen LogP contribution in [0, 0.1) is 6.92 Å². The molecule has 0 atom stereocenters. The summed E-state index contributed by atoms with van der Waals surface area (Å²) in [5.41, 5.74) is 7.78. The van der Waals surface area contributed by atoms with E-state index in [-0.39, 0.29) is 10.5 Å². The van der Waals surface area contributed by atoms with E-state index in [1.54, 1.807) is 36.0 Å². The number of aromatic nitrogens is 2. The minimum Gasteiger partial charge on any atom is -0.388 e. The Morgan fingerprint density at radius 3 is 3.00 bits per heavy atom. The van der Waals surface area contributed by atoms with Crippen LogP contribution in [0.25, 0.3) is 0 Å². The van der Waals surface area contributed by atoms with Crippen LogP contribution in [0.15, 0.2) is 41.5 Å². The molecule has 0 aliphatic heterocycles. The summed E-state index contributed by atoms with van der Waals surface area (Å²) >= 11 is 4.88. The Morgan fingerprint density at radius 1 is 1.50 bits per heavy atom. The van der Waals surface area contributed by atoms with Crippen molar-refractivity contribution >= 4 is 17.2 Å². The summed E-state index contributed by atoms with van der Waals surface area (Å²) in [6, 6.07) is 7.30. The van der Waals surface area contributed by atoms with E-state index in [0.717, 1.165) is 11.1 Å². The van der Waals surface area contributed by atoms with E-state index in [4.69, 9.17) is 18.0 Å². The zero-order valence-corrected chi connectivity index (χ0v) is 10.8. The van der Waals surface area contributed by atoms with Gasteiger partial charge >= 0.3 is 0 Å². The standard InChI is InChI=1S/C13H13N3OS/c1-9-3-2-6-16(13(9)17)8-10-4-5-15-11(7-10)12(14)18/h2-7H,8H2,1H3,(H2,14,18). The Morgan fingerprint density at radius 2 is 2.28 bits per heavy atom. The Labute approximate surface area is 110 Å². The van der Waals surface area contributed by atoms with E-state index in [0.29, 0.717) is 12.2 Å². The third-order valence-electron chi connectivity index (χ3n) is 2.64. The summed E-state index contributed by atoms with van der Waals surface area (Å²) in [6.07, 6.45) is 3.40. The van der Waals surface area contributed by atoms with E-state index < -0.39 is 0 Å². The Hall–Kier alpha value is -2.01. The molecule has 0 aliphatic rings. The van der Waals surface area contributed by atoms with Crippen molar-refractivity contribution in [2.45, 2.75) is 13.5 Å². The topological polar surface area (TPSA) is 60.9 Å². The predicted molar refractivity (Wildman–Crippen MR) is 74.7 cm³/mol. The molecular weight excluding hydrogens is 246 g/mol. The van der Waals surface area contributed by atoms with Gasteiger partial charge in [0.15, 0.2) is 0 Å². The number of nitrogens with zero attached hydrogens (tertiary/aromatic N) is 2. The molecule has 4 nitrogen and oxygen atoms in total. The third-order valence-corrected chi connectivity index (χ3v) is 2.85. The first-order chi connectivity index (χ1) is 8.58. The number of nitrogens with two attached hydrogens (primary N) is 1. The van der Waals surface area contributed by atoms with Crippen molar-refractivity contribution in [2.75, 3.05) is 0 Å². The van der Waals surface area contributed by atoms with Gasteiger partial charge < -0.3 is 10.3 Å². The number of thiocarbonyl (C=S) groups is 1. The summed E-state index contributed by atoms with van der Waals surface area (Å²) in [5, 5.41) is 0. The lowest BCUT2D eigenvalue weighted by molar-refractivity contribution is 0.751. The van der Waals surface area contributed by atoms with Gasteiger partial charge in [-0.05, 0) is 30.7 Å². The van der Waals surface area contributed by atoms with Crippen LogP contribution in [0.2, 0.25) is 0 Å². The van der Waals surface area contributed by atoms with E-state index in [1.807, 2.05) is 12.1 Å². The molecule has 5 heteroatoms. The van der Waals surface area contributed by atoms with Crippen molar-refractivity contribution in [3.05, 3.63) is 63.8 Å². The number of aryl methyl sites for hydroxylation is 1. The van der Waals surface area contributed by atoms with Gasteiger partial charge in [-0.2, -0.15) is 0 Å². The molecule has 92 valence electrons. The fourth-order valence-electron chi connectivity index (χ4n) is 1.69. The molecule has 0 saturated carbocycles. The second kappa shape index (κ2) is 5.10. The SMILES string of the molecule is Cc1cccn(Cc2ccnc(C(N)=S)c2)c1=O. The molecule has 0 radical (unpaired) electrons. The minimum absolute atomic E-state index is 0.00573. The van der Waals surface area contributed by atoms with Crippen molar-refractivity contribution in [2.24, 2.45) is 5.73 Å². The zero-order chi connectivity index (χ0) is 13.1. The highest BCUT2D eigenvalue weighted by Gasteiger charge is 2.03. The molecule has 0 fully saturated rings. The van der Waals surface area contributed by atoms with Crippen molar-refractivity contribution in [3.63, 3.8) is 0 Å². The highest BCUT2D eigenvalue weighted by Crippen LogP contribution is 2.04. The predicted octanol–water partition coefficient (Wildman–Crippen LogP) is 1.23. The van der Waals surface area contributed by atoms with Gasteiger partial charge in [-0.1, -0.05) is 18.3 Å². The maximum atomic E-state index is 11.9. The highest BCUT2D eigenvalue weighted by atomic mass is 32.1. The van der Waals surface area contributed by atoms with Gasteiger partial charge in [0.25, 0.3) is 5.56 Å². The fourth-order valence-corrected chi connectivity index (χ4v) is 1.80. The molecule has 2 aromatic rings. The molecule has 0 bridgehead atoms. The second-order valence-electron chi connectivity index (χ2n) is 4.04. The summed E-state index contributed by atoms with van der Waals surface area (Å²) < 4.78 is 1.65. The van der Waals surface area contributed by atoms with Crippen molar-refractivity contribution < 1.29 is 0 Å². The Bertz CT molecular complexity index is 649. The maximum Gasteiger partial charge on any atom is 0.253 e. The lowest BCUT2D eigenvalue weighted by Gasteiger charge is -2.07. The van der Waals surface area contributed by atoms with Crippen LogP contribution in [0.1, 0.15) is 16.8 Å². The number of rotatable bonds is 3. The first-order valence-corrected chi connectivity index (χ1v) is 5.89. The van der Waals surface area contributed by atoms with Gasteiger partial charge in [0, 0.05) is 18.0 Å². The fraction of sp³-hybridized carbons (Fsp3) is 0.154. The molecule has 18 heavy (non-hydrogen) atoms. The number of pyridine rings is 2. The van der Waals surface area contributed by atoms with Gasteiger partial charge in [-0.25, -0.2) is 0 Å². The summed E-state index contributed by atoms with van der Waals surface area (Å²) in [7, 11) is 0. The molecule has 2 N–H and O–H groups in total. The molecule has 2 aromatic heterocycles. The average Bonchev–Trinajstić information content (AvgIpc) is 2.35. The molecular formula is C13H13N3OS. The molecule has 0 unspecified atom stereocenters. The van der Waals surface area contributed by atoms with Crippen LogP contribution in [-0.2, 0) is 6.54 Å². The molecule has 0 spiro atoms. The zero-order valence-electron chi connectivity index (χ0n) is 9.96. The van der Waals surface area contributed by atoms with Crippen LogP contribution in [-0.4, -0.2) is 14.5 Å². The molecule has 0 saturated heterocycles. The van der Waals surface area contributed by atoms with Gasteiger partial charge in [0.1, 0.15) is 4.99 Å². The van der Waals surface area contributed by atoms with Crippen LogP contribution in [0.4, 0.5) is 0 Å². The van der Waals surface area contributed by atoms with E-state index in [9.17, 15) is 4.79 Å². The second-order valence-corrected chi connectivity index (χ2v) is 4.48. The van der Waals surface area contributed by atoms with E-state index >= 15 is 0 Å². The van der Waals surface area contributed by atoms with Gasteiger partial charge in [0.2, 0.25) is 0 Å². The molecule has 0 aromatic carbocycles. The quantitative estimate of drug-likeness (QED) is 0.842. The van der Waals surface area contributed by atoms with E-state index in [2.05, 4.69) is 4.98 Å². The van der Waals surface area contributed by atoms with E-state index in [1.165, 1.54) is 0 Å². The Balaban J connectivity index is 2.34. The third kappa shape index (κ3) is 2.62. The molecule has 0 aliphatic carbocycles. The summed E-state index contributed by atoms with van der Waals surface area (Å²) in [6.45, 7) is 2.28. The van der Waals surface area contributed by atoms with Crippen LogP contribution >= 0.6 is 12.2 Å². The normalized spacial score (nSPS) is 10.3.